The highest BCUT2D eigenvalue weighted by Crippen LogP contribution is 2.18. The third-order valence-electron chi connectivity index (χ3n) is 4.53. The second-order valence-corrected chi connectivity index (χ2v) is 7.07. The second-order valence-electron chi connectivity index (χ2n) is 7.07. The average molecular weight is 439 g/mol. The molecule has 0 spiro atoms. The molecule has 3 rings (SSSR count). The van der Waals surface area contributed by atoms with Crippen LogP contribution in [0.1, 0.15) is 10.4 Å². The fourth-order valence-electron chi connectivity index (χ4n) is 2.91. The molecular weight excluding hydrogens is 416 g/mol. The molecule has 0 saturated heterocycles. The molecule has 0 heterocycles. The first-order chi connectivity index (χ1) is 15.4. The van der Waals surface area contributed by atoms with Gasteiger partial charge in [0.25, 0.3) is 5.91 Å². The van der Waals surface area contributed by atoms with Crippen molar-refractivity contribution in [2.45, 2.75) is 0 Å². The zero-order valence-corrected chi connectivity index (χ0v) is 17.5. The predicted octanol–water partition coefficient (Wildman–Crippen LogP) is 4.17. The molecule has 0 aliphatic rings. The molecule has 0 unspecified atom stereocenters. The largest absolute Gasteiger partial charge is 0.489 e. The van der Waals surface area contributed by atoms with Gasteiger partial charge in [-0.2, -0.15) is 0 Å². The van der Waals surface area contributed by atoms with Crippen LogP contribution in [0.4, 0.5) is 20.2 Å². The number of carbonyl (C=O) groups is 2. The summed E-state index contributed by atoms with van der Waals surface area (Å²) in [5.41, 5.74) is 1.07. The Morgan fingerprint density at radius 1 is 0.906 bits per heavy atom. The summed E-state index contributed by atoms with van der Waals surface area (Å²) in [5, 5.41) is 5.41. The van der Waals surface area contributed by atoms with E-state index >= 15 is 0 Å². The molecule has 0 aromatic heterocycles. The molecule has 0 aliphatic heterocycles. The molecule has 6 nitrogen and oxygen atoms in total. The van der Waals surface area contributed by atoms with Gasteiger partial charge in [-0.15, -0.1) is 0 Å². The minimum Gasteiger partial charge on any atom is -0.489 e. The van der Waals surface area contributed by atoms with Crippen molar-refractivity contribution in [1.82, 2.24) is 4.90 Å². The van der Waals surface area contributed by atoms with Crippen LogP contribution >= 0.6 is 0 Å². The summed E-state index contributed by atoms with van der Waals surface area (Å²) >= 11 is 0. The van der Waals surface area contributed by atoms with E-state index in [0.29, 0.717) is 17.9 Å². The minimum absolute atomic E-state index is 0.0501. The fraction of sp³-hybridized carbons (Fsp3) is 0.167. The van der Waals surface area contributed by atoms with Crippen LogP contribution in [0.25, 0.3) is 0 Å². The van der Waals surface area contributed by atoms with E-state index in [1.54, 1.807) is 48.3 Å². The van der Waals surface area contributed by atoms with Crippen LogP contribution in [-0.2, 0) is 4.79 Å². The highest BCUT2D eigenvalue weighted by molar-refractivity contribution is 6.10. The minimum atomic E-state index is -0.441. The Morgan fingerprint density at radius 3 is 2.34 bits per heavy atom. The van der Waals surface area contributed by atoms with Gasteiger partial charge in [0.15, 0.2) is 11.6 Å². The van der Waals surface area contributed by atoms with Gasteiger partial charge >= 0.3 is 0 Å². The van der Waals surface area contributed by atoms with Gasteiger partial charge in [-0.25, -0.2) is 8.78 Å². The van der Waals surface area contributed by atoms with Crippen LogP contribution in [0.15, 0.2) is 72.8 Å². The summed E-state index contributed by atoms with van der Waals surface area (Å²) < 4.78 is 32.0. The maximum Gasteiger partial charge on any atom is 0.257 e. The van der Waals surface area contributed by atoms with E-state index in [2.05, 4.69) is 10.6 Å². The second kappa shape index (κ2) is 11.0. The quantitative estimate of drug-likeness (QED) is 0.525. The molecule has 0 bridgehead atoms. The number of ether oxygens (including phenoxy) is 1. The summed E-state index contributed by atoms with van der Waals surface area (Å²) in [5.74, 6) is -1.44. The summed E-state index contributed by atoms with van der Waals surface area (Å²) in [6.07, 6.45) is 0. The summed E-state index contributed by atoms with van der Waals surface area (Å²) in [4.78, 5) is 26.8. The van der Waals surface area contributed by atoms with Gasteiger partial charge in [-0.3, -0.25) is 14.5 Å². The number of halogens is 2. The van der Waals surface area contributed by atoms with Gasteiger partial charge in [0.1, 0.15) is 12.4 Å². The third kappa shape index (κ3) is 6.61. The summed E-state index contributed by atoms with van der Waals surface area (Å²) in [7, 11) is 1.73. The van der Waals surface area contributed by atoms with E-state index in [4.69, 9.17) is 4.74 Å². The Bertz CT molecular complexity index is 1070. The first-order valence-corrected chi connectivity index (χ1v) is 9.94. The lowest BCUT2D eigenvalue weighted by atomic mass is 10.1. The van der Waals surface area contributed by atoms with Crippen LogP contribution in [-0.4, -0.2) is 43.5 Å². The lowest BCUT2D eigenvalue weighted by molar-refractivity contribution is -0.117. The highest BCUT2D eigenvalue weighted by Gasteiger charge is 2.15. The molecular formula is C24H23F2N3O3. The monoisotopic (exact) mass is 439 g/mol. The number of benzene rings is 3. The van der Waals surface area contributed by atoms with Crippen LogP contribution < -0.4 is 15.4 Å². The SMILES string of the molecule is CN(CCOc1ccccc1F)CC(=O)Nc1ccccc1C(=O)Nc1ccc(F)cc1. The lowest BCUT2D eigenvalue weighted by Gasteiger charge is -2.17. The molecule has 2 N–H and O–H groups in total. The van der Waals surface area contributed by atoms with Crippen molar-refractivity contribution >= 4 is 23.2 Å². The van der Waals surface area contributed by atoms with Crippen LogP contribution in [0, 0.1) is 11.6 Å². The molecule has 3 aromatic carbocycles. The topological polar surface area (TPSA) is 70.7 Å². The standard InChI is InChI=1S/C24H23F2N3O3/c1-29(14-15-32-22-9-5-3-7-20(22)26)16-23(30)28-21-8-4-2-6-19(21)24(31)27-18-12-10-17(25)11-13-18/h2-13H,14-16H2,1H3,(H,27,31)(H,28,30). The smallest absolute Gasteiger partial charge is 0.257 e. The van der Waals surface area contributed by atoms with Crippen LogP contribution in [0.2, 0.25) is 0 Å². The van der Waals surface area contributed by atoms with Crippen molar-refractivity contribution in [3.8, 4) is 5.75 Å². The molecule has 2 amide bonds. The first kappa shape index (κ1) is 22.9. The van der Waals surface area contributed by atoms with E-state index in [1.165, 1.54) is 36.4 Å². The summed E-state index contributed by atoms with van der Waals surface area (Å²) in [6, 6.07) is 18.1. The van der Waals surface area contributed by atoms with Gasteiger partial charge in [0.2, 0.25) is 5.91 Å². The number of carbonyl (C=O) groups excluding carboxylic acids is 2. The molecule has 8 heteroatoms. The average Bonchev–Trinajstić information content (AvgIpc) is 2.77. The predicted molar refractivity (Wildman–Crippen MR) is 119 cm³/mol. The number of nitrogens with zero attached hydrogens (tertiary/aromatic N) is 1. The van der Waals surface area contributed by atoms with Crippen molar-refractivity contribution in [3.63, 3.8) is 0 Å². The van der Waals surface area contributed by atoms with Crippen molar-refractivity contribution in [1.29, 1.82) is 0 Å². The number of likely N-dealkylation sites (N-methyl/N-ethyl adjacent to an activating group) is 1. The molecule has 0 radical (unpaired) electrons. The first-order valence-electron chi connectivity index (χ1n) is 9.94. The normalized spacial score (nSPS) is 10.6. The van der Waals surface area contributed by atoms with Crippen molar-refractivity contribution in [2.24, 2.45) is 0 Å². The fourth-order valence-corrected chi connectivity index (χ4v) is 2.91. The van der Waals surface area contributed by atoms with Crippen LogP contribution in [0.5, 0.6) is 5.75 Å². The molecule has 3 aromatic rings. The molecule has 0 saturated carbocycles. The third-order valence-corrected chi connectivity index (χ3v) is 4.53. The van der Waals surface area contributed by atoms with Gasteiger partial charge < -0.3 is 15.4 Å². The zero-order valence-electron chi connectivity index (χ0n) is 17.5. The van der Waals surface area contributed by atoms with E-state index in [-0.39, 0.29) is 30.4 Å². The molecule has 0 aliphatic carbocycles. The molecule has 166 valence electrons. The Hall–Kier alpha value is -3.78. The summed E-state index contributed by atoms with van der Waals surface area (Å²) in [6.45, 7) is 0.657. The van der Waals surface area contributed by atoms with E-state index < -0.39 is 17.5 Å². The maximum atomic E-state index is 13.6. The Morgan fingerprint density at radius 2 is 1.59 bits per heavy atom. The van der Waals surface area contributed by atoms with Gasteiger partial charge in [-0.05, 0) is 55.6 Å². The molecule has 0 atom stereocenters. The zero-order chi connectivity index (χ0) is 22.9. The van der Waals surface area contributed by atoms with E-state index in [1.807, 2.05) is 0 Å². The van der Waals surface area contributed by atoms with Crippen molar-refractivity contribution in [2.75, 3.05) is 37.4 Å². The maximum absolute atomic E-state index is 13.6. The Kier molecular flexibility index (Phi) is 7.88. The lowest BCUT2D eigenvalue weighted by Crippen LogP contribution is -2.33. The van der Waals surface area contributed by atoms with Crippen molar-refractivity contribution in [3.05, 3.63) is 90.0 Å². The Balaban J connectivity index is 1.52. The van der Waals surface area contributed by atoms with Crippen LogP contribution in [0.3, 0.4) is 0 Å². The molecule has 0 fully saturated rings. The van der Waals surface area contributed by atoms with E-state index in [0.717, 1.165) is 0 Å². The van der Waals surface area contributed by atoms with Gasteiger partial charge in [0.05, 0.1) is 17.8 Å². The number of anilines is 2. The number of rotatable bonds is 9. The number of para-hydroxylation sites is 2. The van der Waals surface area contributed by atoms with Gasteiger partial charge in [0, 0.05) is 12.2 Å². The number of hydrogen-bond donors (Lipinski definition) is 2. The van der Waals surface area contributed by atoms with Crippen molar-refractivity contribution < 1.29 is 23.1 Å². The number of nitrogens with one attached hydrogen (secondary N) is 2. The Labute approximate surface area is 184 Å². The number of hydrogen-bond acceptors (Lipinski definition) is 4. The molecule has 32 heavy (non-hydrogen) atoms. The highest BCUT2D eigenvalue weighted by atomic mass is 19.1. The van der Waals surface area contributed by atoms with E-state index in [9.17, 15) is 18.4 Å². The van der Waals surface area contributed by atoms with Gasteiger partial charge in [-0.1, -0.05) is 24.3 Å². The number of amides is 2.